The predicted octanol–water partition coefficient (Wildman–Crippen LogP) is 6.21. The zero-order valence-corrected chi connectivity index (χ0v) is 23.0. The largest absolute Gasteiger partial charge is 0.480 e. The van der Waals surface area contributed by atoms with Gasteiger partial charge in [-0.15, -0.1) is 0 Å². The van der Waals surface area contributed by atoms with Crippen LogP contribution in [-0.4, -0.2) is 38.5 Å². The normalized spacial score (nSPS) is 12.9. The first kappa shape index (κ1) is 27.1. The van der Waals surface area contributed by atoms with Crippen molar-refractivity contribution in [2.24, 2.45) is 0 Å². The summed E-state index contributed by atoms with van der Waals surface area (Å²) in [5.41, 5.74) is 2.34. The van der Waals surface area contributed by atoms with E-state index < -0.39 is 6.04 Å². The molecule has 0 radical (unpaired) electrons. The molecule has 9 nitrogen and oxygen atoms in total. The number of ether oxygens (including phenoxy) is 1. The van der Waals surface area contributed by atoms with E-state index in [1.165, 1.54) is 6.92 Å². The van der Waals surface area contributed by atoms with Crippen molar-refractivity contribution in [1.29, 1.82) is 0 Å². The molecular weight excluding hydrogens is 506 g/mol. The number of hydrogen-bond acceptors (Lipinski definition) is 7. The van der Waals surface area contributed by atoms with E-state index in [1.54, 1.807) is 13.3 Å². The van der Waals surface area contributed by atoms with Gasteiger partial charge in [0.25, 0.3) is 0 Å². The summed E-state index contributed by atoms with van der Waals surface area (Å²) in [5.74, 6) is 1.30. The van der Waals surface area contributed by atoms with E-state index >= 15 is 0 Å². The monoisotopic (exact) mass is 539 g/mol. The molecule has 0 aliphatic heterocycles. The Morgan fingerprint density at radius 1 is 1.05 bits per heavy atom. The number of nitrogens with one attached hydrogen (secondary N) is 1. The molecular formula is C31H33N5O4. The number of rotatable bonds is 12. The number of oxazole rings is 1. The molecule has 9 heteroatoms. The van der Waals surface area contributed by atoms with Crippen molar-refractivity contribution in [2.45, 2.75) is 58.0 Å². The summed E-state index contributed by atoms with van der Waals surface area (Å²) in [4.78, 5) is 33.6. The molecule has 0 aliphatic rings. The Morgan fingerprint density at radius 3 is 2.52 bits per heavy atom. The smallest absolute Gasteiger partial charge is 0.224 e. The van der Waals surface area contributed by atoms with Gasteiger partial charge in [0.15, 0.2) is 5.76 Å². The molecule has 206 valence electrons. The highest BCUT2D eigenvalue weighted by Crippen LogP contribution is 2.36. The van der Waals surface area contributed by atoms with E-state index in [0.717, 1.165) is 34.6 Å². The van der Waals surface area contributed by atoms with Crippen LogP contribution in [0.4, 0.5) is 0 Å². The van der Waals surface area contributed by atoms with Crippen molar-refractivity contribution in [3.8, 4) is 17.2 Å². The maximum atomic E-state index is 12.4. The lowest BCUT2D eigenvalue weighted by Gasteiger charge is -2.26. The average molecular weight is 540 g/mol. The Morgan fingerprint density at radius 2 is 1.80 bits per heavy atom. The zero-order valence-electron chi connectivity index (χ0n) is 23.0. The van der Waals surface area contributed by atoms with Gasteiger partial charge in [-0.2, -0.15) is 5.10 Å². The average Bonchev–Trinajstić information content (AvgIpc) is 3.63. The van der Waals surface area contributed by atoms with E-state index in [4.69, 9.17) is 14.3 Å². The van der Waals surface area contributed by atoms with Crippen LogP contribution >= 0.6 is 0 Å². The molecule has 40 heavy (non-hydrogen) atoms. The van der Waals surface area contributed by atoms with Crippen LogP contribution < -0.4 is 10.1 Å². The molecule has 3 heterocycles. The lowest BCUT2D eigenvalue weighted by atomic mass is 9.99. The van der Waals surface area contributed by atoms with E-state index in [1.807, 2.05) is 72.4 Å². The first-order valence-electron chi connectivity index (χ1n) is 13.6. The second kappa shape index (κ2) is 12.1. The molecule has 0 fully saturated rings. The third-order valence-electron chi connectivity index (χ3n) is 7.05. The topological polar surface area (TPSA) is 112 Å². The molecule has 0 spiro atoms. The molecule has 3 aromatic heterocycles. The van der Waals surface area contributed by atoms with Gasteiger partial charge >= 0.3 is 0 Å². The molecule has 2 aromatic carbocycles. The van der Waals surface area contributed by atoms with Gasteiger partial charge in [-0.25, -0.2) is 9.97 Å². The molecule has 5 rings (SSSR count). The van der Waals surface area contributed by atoms with Gasteiger partial charge in [0, 0.05) is 36.7 Å². The lowest BCUT2D eigenvalue weighted by molar-refractivity contribution is -0.120. The fraction of sp³-hybridized carbons (Fsp3) is 0.323. The number of unbranched alkanes of at least 4 members (excludes halogenated alkanes) is 1. The summed E-state index contributed by atoms with van der Waals surface area (Å²) in [6.07, 6.45) is 6.88. The fourth-order valence-electron chi connectivity index (χ4n) is 4.99. The highest BCUT2D eigenvalue weighted by atomic mass is 16.5. The van der Waals surface area contributed by atoms with E-state index in [0.29, 0.717) is 42.4 Å². The van der Waals surface area contributed by atoms with Gasteiger partial charge < -0.3 is 14.5 Å². The number of nitrogens with zero attached hydrogens (tertiary/aromatic N) is 4. The van der Waals surface area contributed by atoms with Gasteiger partial charge in [0.1, 0.15) is 11.8 Å². The Bertz CT molecular complexity index is 1610. The first-order chi connectivity index (χ1) is 19.5. The number of para-hydroxylation sites is 1. The van der Waals surface area contributed by atoms with Gasteiger partial charge in [-0.05, 0) is 31.0 Å². The van der Waals surface area contributed by atoms with Crippen LogP contribution in [-0.2, 0) is 9.59 Å². The molecule has 0 saturated carbocycles. The summed E-state index contributed by atoms with van der Waals surface area (Å²) in [6, 6.07) is 16.7. The van der Waals surface area contributed by atoms with Crippen LogP contribution in [0.1, 0.15) is 63.9 Å². The van der Waals surface area contributed by atoms with E-state index in [-0.39, 0.29) is 17.7 Å². The summed E-state index contributed by atoms with van der Waals surface area (Å²) >= 11 is 0. The van der Waals surface area contributed by atoms with Crippen molar-refractivity contribution >= 4 is 33.5 Å². The van der Waals surface area contributed by atoms with Crippen LogP contribution in [0.2, 0.25) is 0 Å². The Balaban J connectivity index is 1.52. The Kier molecular flexibility index (Phi) is 8.19. The number of fused-ring (bicyclic) bond motifs is 2. The molecule has 0 saturated heterocycles. The van der Waals surface area contributed by atoms with Crippen molar-refractivity contribution in [1.82, 2.24) is 25.1 Å². The Hall–Kier alpha value is -4.53. The number of benzene rings is 2. The zero-order chi connectivity index (χ0) is 28.1. The summed E-state index contributed by atoms with van der Waals surface area (Å²) in [6.45, 7) is 3.36. The van der Waals surface area contributed by atoms with Crippen molar-refractivity contribution < 1.29 is 18.7 Å². The van der Waals surface area contributed by atoms with Gasteiger partial charge in [0.05, 0.1) is 35.9 Å². The lowest BCUT2D eigenvalue weighted by Crippen LogP contribution is -2.34. The van der Waals surface area contributed by atoms with E-state index in [9.17, 15) is 9.59 Å². The van der Waals surface area contributed by atoms with Crippen molar-refractivity contribution in [3.05, 3.63) is 72.9 Å². The summed E-state index contributed by atoms with van der Waals surface area (Å²) in [5, 5.41) is 9.81. The number of ketones is 1. The van der Waals surface area contributed by atoms with Crippen LogP contribution in [0, 0.1) is 0 Å². The van der Waals surface area contributed by atoms with Gasteiger partial charge in [0.2, 0.25) is 17.7 Å². The van der Waals surface area contributed by atoms with E-state index in [2.05, 4.69) is 15.3 Å². The van der Waals surface area contributed by atoms with Crippen LogP contribution in [0.3, 0.4) is 0 Å². The number of methoxy groups -OCH3 is 1. The molecule has 5 aromatic rings. The number of pyridine rings is 1. The minimum atomic E-state index is -0.596. The highest BCUT2D eigenvalue weighted by molar-refractivity contribution is 5.85. The minimum absolute atomic E-state index is 0.211. The number of amides is 1. The van der Waals surface area contributed by atoms with Gasteiger partial charge in [-0.3, -0.25) is 14.3 Å². The third kappa shape index (κ3) is 5.88. The predicted molar refractivity (Wildman–Crippen MR) is 153 cm³/mol. The second-order valence-electron chi connectivity index (χ2n) is 9.85. The van der Waals surface area contributed by atoms with Crippen LogP contribution in [0.5, 0.6) is 5.88 Å². The maximum Gasteiger partial charge on any atom is 0.224 e. The minimum Gasteiger partial charge on any atom is -0.480 e. The number of carbonyl (C=O) groups is 2. The number of carbonyl (C=O) groups excluding carboxylic acids is 2. The summed E-state index contributed by atoms with van der Waals surface area (Å²) < 4.78 is 13.8. The quantitative estimate of drug-likeness (QED) is 0.188. The van der Waals surface area contributed by atoms with Crippen LogP contribution in [0.15, 0.2) is 71.4 Å². The first-order valence-corrected chi connectivity index (χ1v) is 13.6. The molecule has 1 amide bonds. The van der Waals surface area contributed by atoms with Crippen LogP contribution in [0.25, 0.3) is 33.1 Å². The molecule has 0 unspecified atom stereocenters. The Labute approximate surface area is 232 Å². The third-order valence-corrected chi connectivity index (χ3v) is 7.05. The number of hydrogen-bond donors (Lipinski definition) is 1. The highest BCUT2D eigenvalue weighted by Gasteiger charge is 2.31. The standard InChI is InChI=1S/C31H33N5O4/c1-4-23(38)13-7-10-16-27(36-19-22-12-6-9-15-26(22)35-36)29(33-20(2)37)31-32-18-28(40-31)24-17-21-11-5-8-14-25(21)34-30(24)39-3/h5-6,8-9,11-12,14-15,17-19,27,29H,4,7,10,13,16H2,1-3H3,(H,33,37)/t27-,29-/m0/s1. The second-order valence-corrected chi connectivity index (χ2v) is 9.85. The maximum absolute atomic E-state index is 12.4. The number of aromatic nitrogens is 4. The molecule has 1 N–H and O–H groups in total. The SMILES string of the molecule is CCC(=O)CCCC[C@@H]([C@H](NC(C)=O)c1ncc(-c2cc3ccccc3nc2OC)o1)n1cc2ccccc2n1. The molecule has 0 bridgehead atoms. The molecule has 0 aliphatic carbocycles. The van der Waals surface area contributed by atoms with Crippen molar-refractivity contribution in [2.75, 3.05) is 7.11 Å². The van der Waals surface area contributed by atoms with Gasteiger partial charge in [-0.1, -0.05) is 49.7 Å². The molecule has 2 atom stereocenters. The van der Waals surface area contributed by atoms with Crippen molar-refractivity contribution in [3.63, 3.8) is 0 Å². The summed E-state index contributed by atoms with van der Waals surface area (Å²) in [7, 11) is 1.57. The number of Topliss-reactive ketones (excluding diaryl/α,β-unsaturated/α-hetero) is 1. The fourth-order valence-corrected chi connectivity index (χ4v) is 4.99.